The van der Waals surface area contributed by atoms with Gasteiger partial charge < -0.3 is 10.2 Å². The summed E-state index contributed by atoms with van der Waals surface area (Å²) in [6.07, 6.45) is 2.47. The summed E-state index contributed by atoms with van der Waals surface area (Å²) in [7, 11) is -3.27. The number of nitrogens with zero attached hydrogens (tertiary/aromatic N) is 1. The summed E-state index contributed by atoms with van der Waals surface area (Å²) < 4.78 is 24.3. The van der Waals surface area contributed by atoms with Crippen molar-refractivity contribution in [2.75, 3.05) is 18.8 Å². The Morgan fingerprint density at radius 1 is 1.26 bits per heavy atom. The standard InChI is InChI=1S/C17H26N2O3S/c1-14-9-11-19(15(2)13-14)17(20)18-10-6-12-23(21,22)16-7-4-3-5-8-16/h3-5,7-8,14-15H,6,9-13H2,1-2H3,(H,18,20)/t14-,15+/m1/s1. The van der Waals surface area contributed by atoms with E-state index in [1.165, 1.54) is 0 Å². The van der Waals surface area contributed by atoms with Crippen LogP contribution >= 0.6 is 0 Å². The molecule has 1 saturated heterocycles. The molecule has 2 atom stereocenters. The number of hydrogen-bond acceptors (Lipinski definition) is 3. The van der Waals surface area contributed by atoms with Crippen LogP contribution in [0.4, 0.5) is 4.79 Å². The van der Waals surface area contributed by atoms with Gasteiger partial charge in [-0.25, -0.2) is 13.2 Å². The molecule has 6 heteroatoms. The average molecular weight is 338 g/mol. The minimum atomic E-state index is -3.27. The summed E-state index contributed by atoms with van der Waals surface area (Å²) in [5.74, 6) is 0.703. The zero-order valence-electron chi connectivity index (χ0n) is 13.9. The number of benzene rings is 1. The highest BCUT2D eigenvalue weighted by Gasteiger charge is 2.26. The Morgan fingerprint density at radius 2 is 1.96 bits per heavy atom. The van der Waals surface area contributed by atoms with Crippen LogP contribution in [-0.2, 0) is 9.84 Å². The number of hydrogen-bond donors (Lipinski definition) is 1. The third kappa shape index (κ3) is 4.96. The normalized spacial score (nSPS) is 21.9. The lowest BCUT2D eigenvalue weighted by Crippen LogP contribution is -2.49. The van der Waals surface area contributed by atoms with E-state index in [0.29, 0.717) is 23.8 Å². The highest BCUT2D eigenvalue weighted by molar-refractivity contribution is 7.91. The van der Waals surface area contributed by atoms with Gasteiger partial charge in [-0.15, -0.1) is 0 Å². The molecule has 0 aromatic heterocycles. The van der Waals surface area contributed by atoms with Crippen molar-refractivity contribution in [3.63, 3.8) is 0 Å². The molecule has 1 heterocycles. The Labute approximate surface area is 139 Å². The maximum absolute atomic E-state index is 12.2. The number of amides is 2. The second-order valence-corrected chi connectivity index (χ2v) is 8.50. The monoisotopic (exact) mass is 338 g/mol. The molecule has 2 amide bonds. The van der Waals surface area contributed by atoms with Crippen molar-refractivity contribution in [2.45, 2.75) is 44.0 Å². The third-order valence-electron chi connectivity index (χ3n) is 4.37. The third-order valence-corrected chi connectivity index (χ3v) is 6.18. The smallest absolute Gasteiger partial charge is 0.317 e. The van der Waals surface area contributed by atoms with Crippen molar-refractivity contribution in [3.05, 3.63) is 30.3 Å². The number of carbonyl (C=O) groups excluding carboxylic acids is 1. The number of sulfone groups is 1. The van der Waals surface area contributed by atoms with Crippen molar-refractivity contribution in [2.24, 2.45) is 5.92 Å². The van der Waals surface area contributed by atoms with E-state index in [1.54, 1.807) is 30.3 Å². The van der Waals surface area contributed by atoms with Gasteiger partial charge in [0.05, 0.1) is 10.6 Å². The van der Waals surface area contributed by atoms with Gasteiger partial charge in [0, 0.05) is 19.1 Å². The molecule has 0 radical (unpaired) electrons. The number of piperidine rings is 1. The van der Waals surface area contributed by atoms with Gasteiger partial charge in [0.1, 0.15) is 0 Å². The zero-order chi connectivity index (χ0) is 16.9. The minimum absolute atomic E-state index is 0.0455. The van der Waals surface area contributed by atoms with Gasteiger partial charge in [0.15, 0.2) is 9.84 Å². The van der Waals surface area contributed by atoms with Crippen molar-refractivity contribution in [1.82, 2.24) is 10.2 Å². The molecule has 1 fully saturated rings. The van der Waals surface area contributed by atoms with E-state index in [4.69, 9.17) is 0 Å². The van der Waals surface area contributed by atoms with E-state index < -0.39 is 9.84 Å². The number of nitrogens with one attached hydrogen (secondary N) is 1. The first-order valence-electron chi connectivity index (χ1n) is 8.22. The molecule has 0 aliphatic carbocycles. The van der Waals surface area contributed by atoms with Crippen molar-refractivity contribution >= 4 is 15.9 Å². The van der Waals surface area contributed by atoms with Gasteiger partial charge in [-0.1, -0.05) is 25.1 Å². The van der Waals surface area contributed by atoms with Gasteiger partial charge in [-0.2, -0.15) is 0 Å². The SMILES string of the molecule is C[C@@H]1CCN(C(=O)NCCCS(=O)(=O)c2ccccc2)[C@@H](C)C1. The molecule has 23 heavy (non-hydrogen) atoms. The Morgan fingerprint density at radius 3 is 2.61 bits per heavy atom. The fourth-order valence-electron chi connectivity index (χ4n) is 3.01. The number of likely N-dealkylation sites (tertiary alicyclic amines) is 1. The van der Waals surface area contributed by atoms with Crippen LogP contribution < -0.4 is 5.32 Å². The second-order valence-electron chi connectivity index (χ2n) is 6.39. The minimum Gasteiger partial charge on any atom is -0.338 e. The molecule has 0 bridgehead atoms. The Balaban J connectivity index is 1.76. The first kappa shape index (κ1) is 17.8. The summed E-state index contributed by atoms with van der Waals surface area (Å²) in [5, 5.41) is 2.84. The van der Waals surface area contributed by atoms with Crippen molar-refractivity contribution in [3.8, 4) is 0 Å². The molecule has 0 spiro atoms. The highest BCUT2D eigenvalue weighted by atomic mass is 32.2. The summed E-state index contributed by atoms with van der Waals surface area (Å²) >= 11 is 0. The van der Waals surface area contributed by atoms with E-state index in [2.05, 4.69) is 19.2 Å². The van der Waals surface area contributed by atoms with Crippen LogP contribution in [-0.4, -0.2) is 44.2 Å². The Bertz CT molecular complexity index is 616. The van der Waals surface area contributed by atoms with Crippen LogP contribution in [0.1, 0.15) is 33.1 Å². The number of carbonyl (C=O) groups is 1. The fraction of sp³-hybridized carbons (Fsp3) is 0.588. The molecule has 1 aromatic carbocycles. The lowest BCUT2D eigenvalue weighted by atomic mass is 9.94. The predicted molar refractivity (Wildman–Crippen MR) is 91.1 cm³/mol. The van der Waals surface area contributed by atoms with E-state index in [1.807, 2.05) is 4.90 Å². The van der Waals surface area contributed by atoms with E-state index >= 15 is 0 Å². The molecule has 0 saturated carbocycles. The molecule has 128 valence electrons. The van der Waals surface area contributed by atoms with Gasteiger partial charge in [-0.3, -0.25) is 0 Å². The van der Waals surface area contributed by atoms with Crippen LogP contribution in [0.5, 0.6) is 0 Å². The lowest BCUT2D eigenvalue weighted by Gasteiger charge is -2.36. The first-order chi connectivity index (χ1) is 10.9. The Kier molecular flexibility index (Phi) is 6.04. The molecular formula is C17H26N2O3S. The molecule has 1 aromatic rings. The second kappa shape index (κ2) is 7.81. The van der Waals surface area contributed by atoms with Crippen LogP contribution in [0.3, 0.4) is 0 Å². The van der Waals surface area contributed by atoms with Crippen LogP contribution in [0.2, 0.25) is 0 Å². The van der Waals surface area contributed by atoms with Gasteiger partial charge >= 0.3 is 6.03 Å². The topological polar surface area (TPSA) is 66.5 Å². The quantitative estimate of drug-likeness (QED) is 0.840. The summed E-state index contributed by atoms with van der Waals surface area (Å²) in [4.78, 5) is 14.4. The van der Waals surface area contributed by atoms with Gasteiger partial charge in [-0.05, 0) is 44.2 Å². The molecule has 1 aliphatic heterocycles. The number of urea groups is 1. The zero-order valence-corrected chi connectivity index (χ0v) is 14.7. The predicted octanol–water partition coefficient (Wildman–Crippen LogP) is 2.68. The van der Waals surface area contributed by atoms with Crippen LogP contribution in [0, 0.1) is 5.92 Å². The Hall–Kier alpha value is -1.56. The molecule has 2 rings (SSSR count). The van der Waals surface area contributed by atoms with E-state index in [0.717, 1.165) is 19.4 Å². The molecule has 1 N–H and O–H groups in total. The van der Waals surface area contributed by atoms with E-state index in [9.17, 15) is 13.2 Å². The van der Waals surface area contributed by atoms with Crippen molar-refractivity contribution in [1.29, 1.82) is 0 Å². The average Bonchev–Trinajstić information content (AvgIpc) is 2.52. The van der Waals surface area contributed by atoms with E-state index in [-0.39, 0.29) is 17.8 Å². The first-order valence-corrected chi connectivity index (χ1v) is 9.87. The fourth-order valence-corrected chi connectivity index (χ4v) is 4.35. The molecule has 1 aliphatic rings. The lowest BCUT2D eigenvalue weighted by molar-refractivity contribution is 0.140. The molecular weight excluding hydrogens is 312 g/mol. The van der Waals surface area contributed by atoms with Crippen LogP contribution in [0.15, 0.2) is 35.2 Å². The van der Waals surface area contributed by atoms with Crippen LogP contribution in [0.25, 0.3) is 0 Å². The highest BCUT2D eigenvalue weighted by Crippen LogP contribution is 2.21. The van der Waals surface area contributed by atoms with Crippen molar-refractivity contribution < 1.29 is 13.2 Å². The summed E-state index contributed by atoms with van der Waals surface area (Å²) in [6.45, 7) is 5.43. The summed E-state index contributed by atoms with van der Waals surface area (Å²) in [6, 6.07) is 8.59. The molecule has 5 nitrogen and oxygen atoms in total. The summed E-state index contributed by atoms with van der Waals surface area (Å²) in [5.41, 5.74) is 0. The molecule has 0 unspecified atom stereocenters. The number of rotatable bonds is 5. The largest absolute Gasteiger partial charge is 0.338 e. The maximum atomic E-state index is 12.2. The van der Waals surface area contributed by atoms with Gasteiger partial charge in [0.2, 0.25) is 0 Å². The van der Waals surface area contributed by atoms with Gasteiger partial charge in [0.25, 0.3) is 0 Å². The maximum Gasteiger partial charge on any atom is 0.317 e.